The SMILES string of the molecule is COc1cc(Br)c(CN(N=O)C(C)(C)C)cc1C. The largest absolute Gasteiger partial charge is 0.496 e. The molecule has 0 amide bonds. The second-order valence-electron chi connectivity index (χ2n) is 5.22. The zero-order valence-electron chi connectivity index (χ0n) is 11.5. The molecule has 0 radical (unpaired) electrons. The van der Waals surface area contributed by atoms with Crippen LogP contribution in [-0.4, -0.2) is 17.7 Å². The van der Waals surface area contributed by atoms with Gasteiger partial charge in [-0.1, -0.05) is 15.9 Å². The van der Waals surface area contributed by atoms with Gasteiger partial charge in [0.2, 0.25) is 0 Å². The molecule has 0 aliphatic carbocycles. The van der Waals surface area contributed by atoms with Gasteiger partial charge in [-0.3, -0.25) is 5.01 Å². The molecule has 1 aromatic rings. The Morgan fingerprint density at radius 2 is 2.00 bits per heavy atom. The van der Waals surface area contributed by atoms with E-state index in [2.05, 4.69) is 21.2 Å². The van der Waals surface area contributed by atoms with E-state index in [1.54, 1.807) is 7.11 Å². The Morgan fingerprint density at radius 1 is 1.39 bits per heavy atom. The molecular weight excluding hydrogens is 296 g/mol. The van der Waals surface area contributed by atoms with Gasteiger partial charge in [-0.2, -0.15) is 0 Å². The van der Waals surface area contributed by atoms with Crippen LogP contribution in [0.3, 0.4) is 0 Å². The van der Waals surface area contributed by atoms with Crippen LogP contribution in [0, 0.1) is 11.8 Å². The van der Waals surface area contributed by atoms with Gasteiger partial charge in [0.15, 0.2) is 0 Å². The fraction of sp³-hybridized carbons (Fsp3) is 0.538. The van der Waals surface area contributed by atoms with Crippen LogP contribution >= 0.6 is 15.9 Å². The number of halogens is 1. The summed E-state index contributed by atoms with van der Waals surface area (Å²) in [6.45, 7) is 8.32. The monoisotopic (exact) mass is 314 g/mol. The predicted octanol–water partition coefficient (Wildman–Crippen LogP) is 4.05. The highest BCUT2D eigenvalue weighted by molar-refractivity contribution is 9.10. The van der Waals surface area contributed by atoms with E-state index in [4.69, 9.17) is 4.74 Å². The van der Waals surface area contributed by atoms with Gasteiger partial charge < -0.3 is 4.74 Å². The molecule has 1 rings (SSSR count). The van der Waals surface area contributed by atoms with Crippen LogP contribution in [0.15, 0.2) is 21.9 Å². The second kappa shape index (κ2) is 5.69. The summed E-state index contributed by atoms with van der Waals surface area (Å²) in [4.78, 5) is 10.9. The molecule has 0 aliphatic heterocycles. The molecule has 0 aromatic heterocycles. The summed E-state index contributed by atoms with van der Waals surface area (Å²) in [6, 6.07) is 3.92. The molecule has 0 bridgehead atoms. The molecule has 5 heteroatoms. The number of methoxy groups -OCH3 is 1. The minimum Gasteiger partial charge on any atom is -0.496 e. The maximum Gasteiger partial charge on any atom is 0.122 e. The van der Waals surface area contributed by atoms with E-state index in [0.717, 1.165) is 21.3 Å². The van der Waals surface area contributed by atoms with Crippen molar-refractivity contribution in [2.75, 3.05) is 7.11 Å². The van der Waals surface area contributed by atoms with Crippen molar-refractivity contribution < 1.29 is 4.74 Å². The van der Waals surface area contributed by atoms with Crippen LogP contribution < -0.4 is 4.74 Å². The molecule has 0 heterocycles. The first-order chi connectivity index (χ1) is 8.29. The summed E-state index contributed by atoms with van der Waals surface area (Å²) in [5.74, 6) is 0.826. The van der Waals surface area contributed by atoms with Crippen LogP contribution in [0.2, 0.25) is 0 Å². The van der Waals surface area contributed by atoms with Crippen LogP contribution in [0.1, 0.15) is 31.9 Å². The van der Waals surface area contributed by atoms with Crippen molar-refractivity contribution >= 4 is 15.9 Å². The van der Waals surface area contributed by atoms with Gasteiger partial charge in [0, 0.05) is 4.47 Å². The second-order valence-corrected chi connectivity index (χ2v) is 6.08. The molecular formula is C13H19BrN2O2. The highest BCUT2D eigenvalue weighted by Gasteiger charge is 2.22. The average Bonchev–Trinajstić information content (AvgIpc) is 2.27. The molecule has 1 aromatic carbocycles. The number of nitroso groups, excluding NO2 is 1. The summed E-state index contributed by atoms with van der Waals surface area (Å²) in [7, 11) is 1.64. The lowest BCUT2D eigenvalue weighted by Gasteiger charge is -2.30. The lowest BCUT2D eigenvalue weighted by Crippen LogP contribution is -2.36. The van der Waals surface area contributed by atoms with E-state index in [9.17, 15) is 4.91 Å². The Labute approximate surface area is 116 Å². The molecule has 0 fully saturated rings. The number of hydrogen-bond acceptors (Lipinski definition) is 3. The minimum absolute atomic E-state index is 0.297. The van der Waals surface area contributed by atoms with Gasteiger partial charge in [0.05, 0.1) is 24.5 Å². The highest BCUT2D eigenvalue weighted by Crippen LogP contribution is 2.29. The standard InChI is InChI=1S/C13H19BrN2O2/c1-9-6-10(11(14)7-12(9)18-5)8-16(15-17)13(2,3)4/h6-7H,8H2,1-5H3. The van der Waals surface area contributed by atoms with Crippen molar-refractivity contribution in [3.63, 3.8) is 0 Å². The van der Waals surface area contributed by atoms with Gasteiger partial charge in [0.1, 0.15) is 5.75 Å². The van der Waals surface area contributed by atoms with Crippen LogP contribution in [-0.2, 0) is 6.54 Å². The van der Waals surface area contributed by atoms with Crippen molar-refractivity contribution in [2.24, 2.45) is 5.29 Å². The van der Waals surface area contributed by atoms with Gasteiger partial charge in [-0.25, -0.2) is 0 Å². The normalized spacial score (nSPS) is 11.2. The Bertz CT molecular complexity index is 441. The van der Waals surface area contributed by atoms with E-state index < -0.39 is 0 Å². The van der Waals surface area contributed by atoms with Crippen LogP contribution in [0.25, 0.3) is 0 Å². The highest BCUT2D eigenvalue weighted by atomic mass is 79.9. The van der Waals surface area contributed by atoms with Crippen molar-refractivity contribution in [3.05, 3.63) is 32.6 Å². The van der Waals surface area contributed by atoms with E-state index in [-0.39, 0.29) is 5.54 Å². The third-order valence-corrected chi connectivity index (χ3v) is 3.50. The molecule has 0 unspecified atom stereocenters. The Balaban J connectivity index is 3.04. The zero-order valence-corrected chi connectivity index (χ0v) is 13.0. The lowest BCUT2D eigenvalue weighted by molar-refractivity contribution is 0.130. The lowest BCUT2D eigenvalue weighted by atomic mass is 10.1. The van der Waals surface area contributed by atoms with Crippen LogP contribution in [0.5, 0.6) is 5.75 Å². The molecule has 18 heavy (non-hydrogen) atoms. The number of hydrogen-bond donors (Lipinski definition) is 0. The van der Waals surface area contributed by atoms with E-state index in [1.807, 2.05) is 39.8 Å². The smallest absolute Gasteiger partial charge is 0.122 e. The van der Waals surface area contributed by atoms with Crippen LogP contribution in [0.4, 0.5) is 0 Å². The summed E-state index contributed by atoms with van der Waals surface area (Å²) in [5, 5.41) is 4.63. The van der Waals surface area contributed by atoms with Gasteiger partial charge >= 0.3 is 0 Å². The summed E-state index contributed by atoms with van der Waals surface area (Å²) < 4.78 is 6.17. The van der Waals surface area contributed by atoms with Gasteiger partial charge in [-0.15, -0.1) is 4.91 Å². The van der Waals surface area contributed by atoms with E-state index >= 15 is 0 Å². The fourth-order valence-corrected chi connectivity index (χ4v) is 2.06. The molecule has 0 saturated heterocycles. The number of ether oxygens (including phenoxy) is 1. The number of aryl methyl sites for hydroxylation is 1. The minimum atomic E-state index is -0.297. The number of nitrogens with zero attached hydrogens (tertiary/aromatic N) is 2. The molecule has 100 valence electrons. The summed E-state index contributed by atoms with van der Waals surface area (Å²) in [6.07, 6.45) is 0. The van der Waals surface area contributed by atoms with Crippen molar-refractivity contribution in [1.82, 2.24) is 5.01 Å². The molecule has 0 saturated carbocycles. The predicted molar refractivity (Wildman–Crippen MR) is 76.5 cm³/mol. The van der Waals surface area contributed by atoms with Crippen molar-refractivity contribution in [2.45, 2.75) is 39.8 Å². The Morgan fingerprint density at radius 3 is 2.44 bits per heavy atom. The first kappa shape index (κ1) is 15.0. The average molecular weight is 315 g/mol. The van der Waals surface area contributed by atoms with Crippen molar-refractivity contribution in [1.29, 1.82) is 0 Å². The molecule has 0 atom stereocenters. The topological polar surface area (TPSA) is 41.9 Å². The third-order valence-electron chi connectivity index (χ3n) is 2.76. The molecule has 4 nitrogen and oxygen atoms in total. The summed E-state index contributed by atoms with van der Waals surface area (Å²) in [5.41, 5.74) is 1.76. The van der Waals surface area contributed by atoms with E-state index in [1.165, 1.54) is 5.01 Å². The fourth-order valence-electron chi connectivity index (χ4n) is 1.61. The maximum atomic E-state index is 10.9. The van der Waals surface area contributed by atoms with Gasteiger partial charge in [-0.05, 0) is 51.0 Å². The Hall–Kier alpha value is -1.10. The maximum absolute atomic E-state index is 10.9. The molecule has 0 spiro atoms. The quantitative estimate of drug-likeness (QED) is 0.622. The number of rotatable bonds is 4. The third kappa shape index (κ3) is 3.45. The molecule has 0 N–H and O–H groups in total. The van der Waals surface area contributed by atoms with Gasteiger partial charge in [0.25, 0.3) is 0 Å². The van der Waals surface area contributed by atoms with E-state index in [0.29, 0.717) is 6.54 Å². The first-order valence-electron chi connectivity index (χ1n) is 5.73. The zero-order chi connectivity index (χ0) is 13.9. The summed E-state index contributed by atoms with van der Waals surface area (Å²) >= 11 is 3.50. The van der Waals surface area contributed by atoms with Crippen molar-refractivity contribution in [3.8, 4) is 5.75 Å². The number of benzene rings is 1. The first-order valence-corrected chi connectivity index (χ1v) is 6.53. The molecule has 0 aliphatic rings. The Kier molecular flexibility index (Phi) is 4.73.